The van der Waals surface area contributed by atoms with Crippen LogP contribution in [0.3, 0.4) is 0 Å². The lowest BCUT2D eigenvalue weighted by Crippen LogP contribution is -2.43. The average molecular weight is 233 g/mol. The molecule has 0 atom stereocenters. The SMILES string of the molecule is N#Cc1cc(OC2CC(N)C2)ccc1[N+](=O)[O-]. The van der Waals surface area contributed by atoms with Gasteiger partial charge in [-0.25, -0.2) is 0 Å². The van der Waals surface area contributed by atoms with E-state index in [0.29, 0.717) is 5.75 Å². The molecule has 1 aliphatic carbocycles. The molecule has 0 radical (unpaired) electrons. The van der Waals surface area contributed by atoms with Gasteiger partial charge in [-0.2, -0.15) is 5.26 Å². The minimum absolute atomic E-state index is 0.0103. The number of nitrogens with zero attached hydrogens (tertiary/aromatic N) is 2. The summed E-state index contributed by atoms with van der Waals surface area (Å²) < 4.78 is 5.54. The number of nitriles is 1. The third kappa shape index (κ3) is 2.34. The highest BCUT2D eigenvalue weighted by Gasteiger charge is 2.28. The maximum Gasteiger partial charge on any atom is 0.287 e. The fourth-order valence-corrected chi connectivity index (χ4v) is 1.73. The molecule has 1 aliphatic rings. The van der Waals surface area contributed by atoms with E-state index >= 15 is 0 Å². The Balaban J connectivity index is 2.15. The lowest BCUT2D eigenvalue weighted by atomic mass is 9.90. The molecule has 0 aromatic heterocycles. The van der Waals surface area contributed by atoms with Crippen molar-refractivity contribution in [2.75, 3.05) is 0 Å². The molecule has 1 aromatic carbocycles. The molecule has 17 heavy (non-hydrogen) atoms. The Morgan fingerprint density at radius 1 is 1.53 bits per heavy atom. The van der Waals surface area contributed by atoms with E-state index in [2.05, 4.69) is 0 Å². The molecule has 0 bridgehead atoms. The first kappa shape index (κ1) is 11.4. The van der Waals surface area contributed by atoms with Gasteiger partial charge in [-0.1, -0.05) is 0 Å². The summed E-state index contributed by atoms with van der Waals surface area (Å²) in [6.45, 7) is 0. The molecule has 1 fully saturated rings. The first-order valence-electron chi connectivity index (χ1n) is 5.21. The Morgan fingerprint density at radius 3 is 2.76 bits per heavy atom. The van der Waals surface area contributed by atoms with Crippen molar-refractivity contribution in [2.24, 2.45) is 5.73 Å². The molecule has 0 heterocycles. The Hall–Kier alpha value is -2.13. The molecular weight excluding hydrogens is 222 g/mol. The van der Waals surface area contributed by atoms with E-state index < -0.39 is 4.92 Å². The zero-order chi connectivity index (χ0) is 12.4. The molecule has 0 aliphatic heterocycles. The number of rotatable bonds is 3. The summed E-state index contributed by atoms with van der Waals surface area (Å²) in [6.07, 6.45) is 1.61. The van der Waals surface area contributed by atoms with Crippen molar-refractivity contribution in [3.05, 3.63) is 33.9 Å². The van der Waals surface area contributed by atoms with Gasteiger partial charge in [0.05, 0.1) is 4.92 Å². The number of benzene rings is 1. The molecule has 0 saturated heterocycles. The largest absolute Gasteiger partial charge is 0.490 e. The normalized spacial score (nSPS) is 22.4. The van der Waals surface area contributed by atoms with Crippen molar-refractivity contribution >= 4 is 5.69 Å². The van der Waals surface area contributed by atoms with Crippen molar-refractivity contribution in [1.29, 1.82) is 5.26 Å². The maximum atomic E-state index is 10.6. The smallest absolute Gasteiger partial charge is 0.287 e. The van der Waals surface area contributed by atoms with E-state index in [-0.39, 0.29) is 23.4 Å². The molecule has 6 heteroatoms. The van der Waals surface area contributed by atoms with Gasteiger partial charge < -0.3 is 10.5 Å². The minimum Gasteiger partial charge on any atom is -0.490 e. The predicted molar refractivity (Wildman–Crippen MR) is 59.4 cm³/mol. The highest BCUT2D eigenvalue weighted by Crippen LogP contribution is 2.28. The molecule has 2 rings (SSSR count). The van der Waals surface area contributed by atoms with Crippen LogP contribution in [0.5, 0.6) is 5.75 Å². The number of nitro groups is 1. The van der Waals surface area contributed by atoms with E-state index in [1.807, 2.05) is 0 Å². The topological polar surface area (TPSA) is 102 Å². The Morgan fingerprint density at radius 2 is 2.24 bits per heavy atom. The fraction of sp³-hybridized carbons (Fsp3) is 0.364. The molecule has 0 unspecified atom stereocenters. The van der Waals surface area contributed by atoms with Gasteiger partial charge in [0.15, 0.2) is 0 Å². The van der Waals surface area contributed by atoms with Gasteiger partial charge in [-0.05, 0) is 18.9 Å². The van der Waals surface area contributed by atoms with Crippen LogP contribution in [-0.4, -0.2) is 17.1 Å². The van der Waals surface area contributed by atoms with Crippen LogP contribution in [0.4, 0.5) is 5.69 Å². The second-order valence-electron chi connectivity index (χ2n) is 4.02. The minimum atomic E-state index is -0.582. The first-order chi connectivity index (χ1) is 8.10. The van der Waals surface area contributed by atoms with Crippen LogP contribution < -0.4 is 10.5 Å². The maximum absolute atomic E-state index is 10.6. The van der Waals surface area contributed by atoms with Crippen molar-refractivity contribution < 1.29 is 9.66 Å². The van der Waals surface area contributed by atoms with Crippen LogP contribution in [0, 0.1) is 21.4 Å². The summed E-state index contributed by atoms with van der Waals surface area (Å²) >= 11 is 0. The highest BCUT2D eigenvalue weighted by molar-refractivity contribution is 5.52. The van der Waals surface area contributed by atoms with E-state index in [0.717, 1.165) is 12.8 Å². The molecule has 88 valence electrons. The summed E-state index contributed by atoms with van der Waals surface area (Å²) in [5.41, 5.74) is 5.43. The molecule has 1 saturated carbocycles. The van der Waals surface area contributed by atoms with Crippen molar-refractivity contribution in [3.8, 4) is 11.8 Å². The summed E-state index contributed by atoms with van der Waals surface area (Å²) in [6, 6.07) is 6.14. The lowest BCUT2D eigenvalue weighted by molar-refractivity contribution is -0.385. The summed E-state index contributed by atoms with van der Waals surface area (Å²) in [5.74, 6) is 0.476. The summed E-state index contributed by atoms with van der Waals surface area (Å²) in [7, 11) is 0. The molecule has 0 amide bonds. The number of nitrogens with two attached hydrogens (primary N) is 1. The predicted octanol–water partition coefficient (Wildman–Crippen LogP) is 1.33. The second kappa shape index (κ2) is 4.39. The Labute approximate surface area is 97.7 Å². The van der Waals surface area contributed by atoms with Gasteiger partial charge in [-0.3, -0.25) is 10.1 Å². The van der Waals surface area contributed by atoms with Crippen LogP contribution in [0.1, 0.15) is 18.4 Å². The van der Waals surface area contributed by atoms with E-state index in [1.54, 1.807) is 6.07 Å². The van der Waals surface area contributed by atoms with Crippen molar-refractivity contribution in [2.45, 2.75) is 25.0 Å². The molecule has 1 aromatic rings. The third-order valence-electron chi connectivity index (χ3n) is 2.72. The molecule has 6 nitrogen and oxygen atoms in total. The zero-order valence-corrected chi connectivity index (χ0v) is 9.00. The van der Waals surface area contributed by atoms with E-state index in [9.17, 15) is 10.1 Å². The summed E-state index contributed by atoms with van der Waals surface area (Å²) in [5, 5.41) is 19.4. The van der Waals surface area contributed by atoms with Gasteiger partial charge >= 0.3 is 0 Å². The van der Waals surface area contributed by atoms with Crippen LogP contribution in [0.2, 0.25) is 0 Å². The number of hydrogen-bond acceptors (Lipinski definition) is 5. The average Bonchev–Trinajstić information content (AvgIpc) is 2.26. The molecule has 2 N–H and O–H groups in total. The second-order valence-corrected chi connectivity index (χ2v) is 4.02. The lowest BCUT2D eigenvalue weighted by Gasteiger charge is -2.32. The van der Waals surface area contributed by atoms with Gasteiger partial charge in [0.2, 0.25) is 0 Å². The van der Waals surface area contributed by atoms with Gasteiger partial charge in [-0.15, -0.1) is 0 Å². The monoisotopic (exact) mass is 233 g/mol. The van der Waals surface area contributed by atoms with Crippen LogP contribution in [0.15, 0.2) is 18.2 Å². The zero-order valence-electron chi connectivity index (χ0n) is 9.00. The first-order valence-corrected chi connectivity index (χ1v) is 5.21. The van der Waals surface area contributed by atoms with E-state index in [1.165, 1.54) is 18.2 Å². The number of ether oxygens (including phenoxy) is 1. The van der Waals surface area contributed by atoms with Crippen LogP contribution >= 0.6 is 0 Å². The van der Waals surface area contributed by atoms with Gasteiger partial charge in [0, 0.05) is 18.2 Å². The number of hydrogen-bond donors (Lipinski definition) is 1. The molecule has 0 spiro atoms. The number of nitro benzene ring substituents is 1. The van der Waals surface area contributed by atoms with Crippen LogP contribution in [0.25, 0.3) is 0 Å². The molecular formula is C11H11N3O3. The quantitative estimate of drug-likeness (QED) is 0.626. The van der Waals surface area contributed by atoms with Crippen molar-refractivity contribution in [1.82, 2.24) is 0 Å². The Bertz CT molecular complexity index is 489. The standard InChI is InChI=1S/C11H11N3O3/c12-6-7-3-9(1-2-11(7)14(15)16)17-10-4-8(13)5-10/h1-3,8,10H,4-5,13H2. The van der Waals surface area contributed by atoms with Gasteiger partial charge in [0.1, 0.15) is 23.5 Å². The summed E-state index contributed by atoms with van der Waals surface area (Å²) in [4.78, 5) is 10.0. The highest BCUT2D eigenvalue weighted by atomic mass is 16.6. The van der Waals surface area contributed by atoms with Crippen molar-refractivity contribution in [3.63, 3.8) is 0 Å². The fourth-order valence-electron chi connectivity index (χ4n) is 1.73. The third-order valence-corrected chi connectivity index (χ3v) is 2.72. The van der Waals surface area contributed by atoms with Crippen LogP contribution in [-0.2, 0) is 0 Å². The van der Waals surface area contributed by atoms with E-state index in [4.69, 9.17) is 15.7 Å². The van der Waals surface area contributed by atoms with Gasteiger partial charge in [0.25, 0.3) is 5.69 Å². The Kier molecular flexibility index (Phi) is 2.93.